The van der Waals surface area contributed by atoms with E-state index in [4.69, 9.17) is 5.11 Å². The smallest absolute Gasteiger partial charge is 0.306 e. The van der Waals surface area contributed by atoms with Crippen molar-refractivity contribution in [2.75, 3.05) is 39.6 Å². The van der Waals surface area contributed by atoms with Gasteiger partial charge in [0.25, 0.3) is 0 Å². The maximum atomic E-state index is 12.6. The minimum atomic E-state index is -1.43. The van der Waals surface area contributed by atoms with E-state index in [0.717, 1.165) is 51.4 Å². The first-order valence-electron chi connectivity index (χ1n) is 18.5. The van der Waals surface area contributed by atoms with Crippen LogP contribution in [-0.4, -0.2) is 149 Å². The van der Waals surface area contributed by atoms with Gasteiger partial charge in [0.1, 0.15) is 0 Å². The fraction of sp³-hybridized carbons (Fsp3) is 0.917. The summed E-state index contributed by atoms with van der Waals surface area (Å²) >= 11 is 0. The number of carbonyl (C=O) groups is 1. The summed E-state index contributed by atoms with van der Waals surface area (Å²) in [5, 5.41) is 130. The molecular formula is C36H70O14. The van der Waals surface area contributed by atoms with Crippen LogP contribution >= 0.6 is 0 Å². The van der Waals surface area contributed by atoms with Gasteiger partial charge in [0.2, 0.25) is 0 Å². The highest BCUT2D eigenvalue weighted by Crippen LogP contribution is 2.44. The number of aliphatic carboxylic acids is 1. The Morgan fingerprint density at radius 2 is 0.820 bits per heavy atom. The van der Waals surface area contributed by atoms with E-state index >= 15 is 0 Å². The minimum Gasteiger partial charge on any atom is -0.481 e. The number of hydrogen-bond donors (Lipinski definition) is 13. The van der Waals surface area contributed by atoms with E-state index in [2.05, 4.69) is 6.08 Å². The number of aliphatic hydroxyl groups excluding tert-OH is 12. The topological polar surface area (TPSA) is 280 Å². The molecule has 0 amide bonds. The molecular weight excluding hydrogens is 656 g/mol. The van der Waals surface area contributed by atoms with Crippen LogP contribution in [0.1, 0.15) is 103 Å². The first-order chi connectivity index (χ1) is 23.9. The predicted octanol–water partition coefficient (Wildman–Crippen LogP) is 0.0690. The lowest BCUT2D eigenvalue weighted by atomic mass is 9.63. The van der Waals surface area contributed by atoms with Gasteiger partial charge < -0.3 is 66.4 Å². The van der Waals surface area contributed by atoms with Crippen LogP contribution in [0, 0.1) is 29.6 Å². The number of unbranched alkanes of at least 4 members (excludes halogenated alkanes) is 7. The predicted molar refractivity (Wildman–Crippen MR) is 187 cm³/mol. The van der Waals surface area contributed by atoms with Crippen molar-refractivity contribution in [2.45, 2.75) is 139 Å². The average molecular weight is 727 g/mol. The first kappa shape index (κ1) is 48.7. The van der Waals surface area contributed by atoms with Gasteiger partial charge >= 0.3 is 5.97 Å². The van der Waals surface area contributed by atoms with Crippen LogP contribution in [0.4, 0.5) is 0 Å². The molecule has 0 aliphatic carbocycles. The van der Waals surface area contributed by atoms with Crippen molar-refractivity contribution in [3.63, 3.8) is 0 Å². The van der Waals surface area contributed by atoms with Gasteiger partial charge in [0.05, 0.1) is 82.2 Å². The van der Waals surface area contributed by atoms with Crippen molar-refractivity contribution in [1.29, 1.82) is 0 Å². The summed E-state index contributed by atoms with van der Waals surface area (Å²) in [5.74, 6) is -5.89. The van der Waals surface area contributed by atoms with Crippen molar-refractivity contribution in [3.8, 4) is 0 Å². The number of carboxylic acid groups (broad SMARTS) is 1. The van der Waals surface area contributed by atoms with Gasteiger partial charge in [0, 0.05) is 0 Å². The van der Waals surface area contributed by atoms with E-state index in [1.807, 2.05) is 6.08 Å². The molecule has 0 aromatic heterocycles. The second-order valence-corrected chi connectivity index (χ2v) is 14.0. The van der Waals surface area contributed by atoms with Crippen molar-refractivity contribution >= 4 is 5.97 Å². The van der Waals surface area contributed by atoms with Gasteiger partial charge in [-0.15, -0.1) is 0 Å². The van der Waals surface area contributed by atoms with Crippen LogP contribution < -0.4 is 0 Å². The van der Waals surface area contributed by atoms with Crippen molar-refractivity contribution in [2.24, 2.45) is 29.6 Å². The number of hydrogen-bond acceptors (Lipinski definition) is 13. The molecule has 298 valence electrons. The molecule has 11 unspecified atom stereocenters. The van der Waals surface area contributed by atoms with E-state index in [1.165, 1.54) is 0 Å². The summed E-state index contributed by atoms with van der Waals surface area (Å²) in [4.78, 5) is 12.6. The van der Waals surface area contributed by atoms with Crippen molar-refractivity contribution in [1.82, 2.24) is 0 Å². The largest absolute Gasteiger partial charge is 0.481 e. The van der Waals surface area contributed by atoms with Crippen LogP contribution in [0.2, 0.25) is 0 Å². The van der Waals surface area contributed by atoms with Crippen LogP contribution in [0.5, 0.6) is 0 Å². The molecule has 0 saturated heterocycles. The fourth-order valence-electron chi connectivity index (χ4n) is 7.11. The van der Waals surface area contributed by atoms with E-state index in [-0.39, 0.29) is 32.3 Å². The fourth-order valence-corrected chi connectivity index (χ4v) is 7.11. The lowest BCUT2D eigenvalue weighted by molar-refractivity contribution is -0.148. The normalized spacial score (nSPS) is 19.0. The summed E-state index contributed by atoms with van der Waals surface area (Å²) < 4.78 is 0. The number of allylic oxidation sites excluding steroid dienone is 2. The van der Waals surface area contributed by atoms with Gasteiger partial charge in [-0.05, 0) is 87.9 Å². The van der Waals surface area contributed by atoms with Gasteiger partial charge in [-0.2, -0.15) is 0 Å². The van der Waals surface area contributed by atoms with Crippen LogP contribution in [0.15, 0.2) is 12.2 Å². The molecule has 50 heavy (non-hydrogen) atoms. The van der Waals surface area contributed by atoms with E-state index < -0.39 is 112 Å². The van der Waals surface area contributed by atoms with Gasteiger partial charge in [-0.3, -0.25) is 4.79 Å². The number of carboxylic acids is 1. The Labute approximate surface area is 297 Å². The second-order valence-electron chi connectivity index (χ2n) is 14.0. The quantitative estimate of drug-likeness (QED) is 0.0309. The zero-order valence-corrected chi connectivity index (χ0v) is 29.8. The van der Waals surface area contributed by atoms with Gasteiger partial charge in [-0.25, -0.2) is 0 Å². The lowest BCUT2D eigenvalue weighted by Crippen LogP contribution is -2.43. The molecule has 14 heteroatoms. The van der Waals surface area contributed by atoms with E-state index in [0.29, 0.717) is 19.3 Å². The van der Waals surface area contributed by atoms with Gasteiger partial charge in [-0.1, -0.05) is 50.7 Å². The molecule has 14 nitrogen and oxygen atoms in total. The summed E-state index contributed by atoms with van der Waals surface area (Å²) in [7, 11) is 0. The van der Waals surface area contributed by atoms with E-state index in [9.17, 15) is 66.1 Å². The zero-order chi connectivity index (χ0) is 37.9. The Kier molecular flexibility index (Phi) is 29.5. The Morgan fingerprint density at radius 1 is 0.420 bits per heavy atom. The standard InChI is InChI=1S/C36H70O14/c37-19-26(43)13-11-9-7-5-3-1-2-4-6-8-10-12-25(14-27(44)20-38)32(15-28(45)21-39)33(16-29(46)22-40)34(17-30(47)23-41)35(36(49)50)18-31(48)24-42/h6,8,25-35,37-48H,1-5,7,9-24H2,(H,49,50). The summed E-state index contributed by atoms with van der Waals surface area (Å²) in [6.07, 6.45) is 5.43. The van der Waals surface area contributed by atoms with E-state index in [1.54, 1.807) is 0 Å². The molecule has 0 fully saturated rings. The van der Waals surface area contributed by atoms with Crippen molar-refractivity contribution < 1.29 is 71.2 Å². The Morgan fingerprint density at radius 3 is 1.32 bits per heavy atom. The average Bonchev–Trinajstić information content (AvgIpc) is 3.11. The SMILES string of the molecule is O=C(O)C(CC(O)CO)C(CC(O)CO)C(CC(O)CO)C(CC(O)CO)C(CCC=CCCCCCCCCCC(O)CO)CC(O)CO. The highest BCUT2D eigenvalue weighted by molar-refractivity contribution is 5.70. The highest BCUT2D eigenvalue weighted by Gasteiger charge is 2.43. The Balaban J connectivity index is 6.07. The Hall–Kier alpha value is -1.27. The highest BCUT2D eigenvalue weighted by atomic mass is 16.4. The third kappa shape index (κ3) is 21.9. The molecule has 11 atom stereocenters. The third-order valence-corrected chi connectivity index (χ3v) is 9.82. The molecule has 0 aliphatic heterocycles. The molecule has 0 aromatic carbocycles. The molecule has 0 rings (SSSR count). The zero-order valence-electron chi connectivity index (χ0n) is 29.8. The minimum absolute atomic E-state index is 0.0319. The molecule has 0 heterocycles. The number of rotatable bonds is 34. The third-order valence-electron chi connectivity index (χ3n) is 9.82. The monoisotopic (exact) mass is 726 g/mol. The number of aliphatic hydroxyl groups is 12. The second kappa shape index (κ2) is 30.2. The maximum absolute atomic E-state index is 12.6. The molecule has 0 saturated carbocycles. The van der Waals surface area contributed by atoms with Crippen LogP contribution in [0.25, 0.3) is 0 Å². The molecule has 0 spiro atoms. The Bertz CT molecular complexity index is 833. The molecule has 0 aliphatic rings. The maximum Gasteiger partial charge on any atom is 0.306 e. The molecule has 0 radical (unpaired) electrons. The molecule has 13 N–H and O–H groups in total. The molecule has 0 bridgehead atoms. The molecule has 0 aromatic rings. The van der Waals surface area contributed by atoms with Crippen LogP contribution in [0.3, 0.4) is 0 Å². The lowest BCUT2D eigenvalue weighted by Gasteiger charge is -2.43. The van der Waals surface area contributed by atoms with Crippen LogP contribution in [-0.2, 0) is 4.79 Å². The van der Waals surface area contributed by atoms with Gasteiger partial charge in [0.15, 0.2) is 0 Å². The van der Waals surface area contributed by atoms with Crippen molar-refractivity contribution in [3.05, 3.63) is 12.2 Å². The summed E-state index contributed by atoms with van der Waals surface area (Å²) in [5.41, 5.74) is 0. The summed E-state index contributed by atoms with van der Waals surface area (Å²) in [6.45, 7) is -3.53. The first-order valence-corrected chi connectivity index (χ1v) is 18.5. The summed E-state index contributed by atoms with van der Waals surface area (Å²) in [6, 6.07) is 0.